The highest BCUT2D eigenvalue weighted by Gasteiger charge is 2.07. The van der Waals surface area contributed by atoms with E-state index in [2.05, 4.69) is 15.1 Å². The van der Waals surface area contributed by atoms with Gasteiger partial charge in [-0.2, -0.15) is 4.98 Å². The van der Waals surface area contributed by atoms with Gasteiger partial charge in [-0.15, -0.1) is 0 Å². The predicted octanol–water partition coefficient (Wildman–Crippen LogP) is 2.67. The van der Waals surface area contributed by atoms with Gasteiger partial charge in [0.2, 0.25) is 0 Å². The molecule has 1 aromatic carbocycles. The minimum Gasteiger partial charge on any atom is -0.424 e. The SMILES string of the molecule is N/C(=N/O)c1ccnc(Oc2ccc(Cl)c(Cl)c2)n1. The van der Waals surface area contributed by atoms with Crippen molar-refractivity contribution in [1.29, 1.82) is 0 Å². The van der Waals surface area contributed by atoms with Crippen LogP contribution in [0.25, 0.3) is 0 Å². The summed E-state index contributed by atoms with van der Waals surface area (Å²) in [5, 5.41) is 12.2. The standard InChI is InChI=1S/C11H8Cl2N4O2/c12-7-2-1-6(5-8(7)13)19-11-15-4-3-9(16-11)10(14)17-18/h1-5,18H,(H2,14,17). The van der Waals surface area contributed by atoms with E-state index in [9.17, 15) is 0 Å². The van der Waals surface area contributed by atoms with E-state index in [-0.39, 0.29) is 17.5 Å². The Hall–Kier alpha value is -2.05. The van der Waals surface area contributed by atoms with E-state index in [1.54, 1.807) is 12.1 Å². The Balaban J connectivity index is 2.26. The minimum absolute atomic E-state index is 0.0440. The van der Waals surface area contributed by atoms with Gasteiger partial charge in [-0.1, -0.05) is 28.4 Å². The zero-order chi connectivity index (χ0) is 13.8. The summed E-state index contributed by atoms with van der Waals surface area (Å²) in [6.45, 7) is 0. The lowest BCUT2D eigenvalue weighted by molar-refractivity contribution is 0.318. The predicted molar refractivity (Wildman–Crippen MR) is 71.1 cm³/mol. The smallest absolute Gasteiger partial charge is 0.322 e. The maximum Gasteiger partial charge on any atom is 0.322 e. The van der Waals surface area contributed by atoms with Gasteiger partial charge in [-0.25, -0.2) is 4.98 Å². The maximum atomic E-state index is 8.57. The van der Waals surface area contributed by atoms with Crippen molar-refractivity contribution in [2.24, 2.45) is 10.9 Å². The van der Waals surface area contributed by atoms with Gasteiger partial charge in [0, 0.05) is 12.3 Å². The lowest BCUT2D eigenvalue weighted by Crippen LogP contribution is -2.15. The van der Waals surface area contributed by atoms with Crippen LogP contribution in [0.4, 0.5) is 0 Å². The van der Waals surface area contributed by atoms with Crippen molar-refractivity contribution >= 4 is 29.0 Å². The van der Waals surface area contributed by atoms with E-state index in [1.165, 1.54) is 18.3 Å². The highest BCUT2D eigenvalue weighted by molar-refractivity contribution is 6.42. The number of aromatic nitrogens is 2. The molecule has 0 amide bonds. The van der Waals surface area contributed by atoms with E-state index in [4.69, 9.17) is 38.9 Å². The normalized spacial score (nSPS) is 11.4. The average molecular weight is 299 g/mol. The van der Waals surface area contributed by atoms with Gasteiger partial charge in [0.25, 0.3) is 0 Å². The molecule has 1 aromatic heterocycles. The second-order valence-corrected chi connectivity index (χ2v) is 4.20. The molecule has 8 heteroatoms. The molecule has 0 saturated heterocycles. The van der Waals surface area contributed by atoms with Crippen LogP contribution in [0.5, 0.6) is 11.8 Å². The number of nitrogens with two attached hydrogens (primary N) is 1. The maximum absolute atomic E-state index is 8.57. The van der Waals surface area contributed by atoms with E-state index in [0.717, 1.165) is 0 Å². The van der Waals surface area contributed by atoms with Crippen molar-refractivity contribution in [1.82, 2.24) is 9.97 Å². The molecule has 3 N–H and O–H groups in total. The van der Waals surface area contributed by atoms with Crippen LogP contribution in [0.1, 0.15) is 5.69 Å². The topological polar surface area (TPSA) is 93.6 Å². The molecule has 0 aliphatic rings. The quantitative estimate of drug-likeness (QED) is 0.393. The van der Waals surface area contributed by atoms with Crippen LogP contribution in [0.3, 0.4) is 0 Å². The second kappa shape index (κ2) is 5.73. The van der Waals surface area contributed by atoms with Gasteiger partial charge in [0.1, 0.15) is 11.4 Å². The Morgan fingerprint density at radius 2 is 2.05 bits per heavy atom. The lowest BCUT2D eigenvalue weighted by atomic mass is 10.3. The second-order valence-electron chi connectivity index (χ2n) is 3.39. The number of ether oxygens (including phenoxy) is 1. The first-order valence-corrected chi connectivity index (χ1v) is 5.79. The van der Waals surface area contributed by atoms with Gasteiger partial charge in [-0.3, -0.25) is 0 Å². The molecular formula is C11H8Cl2N4O2. The van der Waals surface area contributed by atoms with E-state index < -0.39 is 0 Å². The fourth-order valence-corrected chi connectivity index (χ4v) is 1.52. The van der Waals surface area contributed by atoms with Crippen molar-refractivity contribution in [3.63, 3.8) is 0 Å². The summed E-state index contributed by atoms with van der Waals surface area (Å²) in [5.74, 6) is 0.285. The molecule has 0 spiro atoms. The summed E-state index contributed by atoms with van der Waals surface area (Å²) < 4.78 is 5.39. The first-order valence-electron chi connectivity index (χ1n) is 5.04. The molecule has 0 fully saturated rings. The first-order chi connectivity index (χ1) is 9.10. The Morgan fingerprint density at radius 1 is 1.26 bits per heavy atom. The molecule has 1 heterocycles. The molecule has 6 nitrogen and oxygen atoms in total. The van der Waals surface area contributed by atoms with Gasteiger partial charge in [0.15, 0.2) is 5.84 Å². The molecular weight excluding hydrogens is 291 g/mol. The van der Waals surface area contributed by atoms with Crippen LogP contribution >= 0.6 is 23.2 Å². The van der Waals surface area contributed by atoms with Crippen LogP contribution in [0.15, 0.2) is 35.6 Å². The summed E-state index contributed by atoms with van der Waals surface area (Å²) in [6.07, 6.45) is 1.42. The molecule has 0 aliphatic heterocycles. The number of nitrogens with zero attached hydrogens (tertiary/aromatic N) is 3. The molecule has 0 bridgehead atoms. The Bertz CT molecular complexity index is 634. The van der Waals surface area contributed by atoms with Crippen LogP contribution in [0.2, 0.25) is 10.0 Å². The van der Waals surface area contributed by atoms with Crippen molar-refractivity contribution in [3.8, 4) is 11.8 Å². The monoisotopic (exact) mass is 298 g/mol. The fraction of sp³-hybridized carbons (Fsp3) is 0. The van der Waals surface area contributed by atoms with Crippen LogP contribution < -0.4 is 10.5 Å². The lowest BCUT2D eigenvalue weighted by Gasteiger charge is -2.05. The highest BCUT2D eigenvalue weighted by atomic mass is 35.5. The Labute approximate surface area is 118 Å². The van der Waals surface area contributed by atoms with Gasteiger partial charge < -0.3 is 15.7 Å². The molecule has 0 unspecified atom stereocenters. The molecule has 2 aromatic rings. The van der Waals surface area contributed by atoms with E-state index in [0.29, 0.717) is 15.8 Å². The largest absolute Gasteiger partial charge is 0.424 e. The van der Waals surface area contributed by atoms with Gasteiger partial charge in [-0.05, 0) is 18.2 Å². The Kier molecular flexibility index (Phi) is 4.03. The molecule has 0 saturated carbocycles. The third-order valence-corrected chi connectivity index (χ3v) is 2.84. The third kappa shape index (κ3) is 3.24. The van der Waals surface area contributed by atoms with Crippen LogP contribution in [0, 0.1) is 0 Å². The first kappa shape index (κ1) is 13.4. The van der Waals surface area contributed by atoms with Crippen LogP contribution in [-0.2, 0) is 0 Å². The van der Waals surface area contributed by atoms with Crippen molar-refractivity contribution in [2.45, 2.75) is 0 Å². The number of oxime groups is 1. The van der Waals surface area contributed by atoms with E-state index >= 15 is 0 Å². The zero-order valence-electron chi connectivity index (χ0n) is 9.42. The summed E-state index contributed by atoms with van der Waals surface area (Å²) in [6, 6.07) is 6.27. The molecule has 0 radical (unpaired) electrons. The van der Waals surface area contributed by atoms with Crippen LogP contribution in [-0.4, -0.2) is 21.0 Å². The summed E-state index contributed by atoms with van der Waals surface area (Å²) in [7, 11) is 0. The third-order valence-electron chi connectivity index (χ3n) is 2.10. The number of benzene rings is 1. The number of hydrogen-bond acceptors (Lipinski definition) is 5. The Morgan fingerprint density at radius 3 is 2.74 bits per heavy atom. The van der Waals surface area contributed by atoms with E-state index in [1.807, 2.05) is 0 Å². The van der Waals surface area contributed by atoms with Crippen molar-refractivity contribution in [2.75, 3.05) is 0 Å². The molecule has 19 heavy (non-hydrogen) atoms. The van der Waals surface area contributed by atoms with Gasteiger partial charge >= 0.3 is 6.01 Å². The number of amidine groups is 1. The minimum atomic E-state index is -0.138. The summed E-state index contributed by atoms with van der Waals surface area (Å²) in [4.78, 5) is 7.87. The molecule has 0 aliphatic carbocycles. The van der Waals surface area contributed by atoms with Gasteiger partial charge in [0.05, 0.1) is 10.0 Å². The molecule has 98 valence electrons. The van der Waals surface area contributed by atoms with Crippen molar-refractivity contribution < 1.29 is 9.94 Å². The molecule has 0 atom stereocenters. The highest BCUT2D eigenvalue weighted by Crippen LogP contribution is 2.28. The summed E-state index contributed by atoms with van der Waals surface area (Å²) >= 11 is 11.6. The van der Waals surface area contributed by atoms with Crippen molar-refractivity contribution in [3.05, 3.63) is 46.2 Å². The average Bonchev–Trinajstić information content (AvgIpc) is 2.42. The molecule has 2 rings (SSSR count). The number of halogens is 2. The number of rotatable bonds is 3. The summed E-state index contributed by atoms with van der Waals surface area (Å²) in [5.41, 5.74) is 5.66. The number of hydrogen-bond donors (Lipinski definition) is 2. The fourth-order valence-electron chi connectivity index (χ4n) is 1.23. The zero-order valence-corrected chi connectivity index (χ0v) is 10.9.